The number of hydrogen-bond acceptors (Lipinski definition) is 4. The molecule has 1 saturated heterocycles. The quantitative estimate of drug-likeness (QED) is 0.926. The van der Waals surface area contributed by atoms with Crippen LogP contribution in [0.5, 0.6) is 0 Å². The largest absolute Gasteiger partial charge is 0.480 e. The van der Waals surface area contributed by atoms with E-state index in [1.54, 1.807) is 0 Å². The number of carboxylic acids is 1. The second-order valence-electron chi connectivity index (χ2n) is 5.34. The molecule has 0 bridgehead atoms. The Morgan fingerprint density at radius 1 is 1.22 bits per heavy atom. The molecule has 0 spiro atoms. The number of nitrogens with zero attached hydrogens (tertiary/aromatic N) is 4. The maximum absolute atomic E-state index is 12.9. The minimum absolute atomic E-state index is 0.0717. The Kier molecular flexibility index (Phi) is 4.05. The number of amides is 1. The molecule has 1 aromatic heterocycles. The Bertz CT molecular complexity index is 729. The van der Waals surface area contributed by atoms with Gasteiger partial charge in [-0.3, -0.25) is 4.79 Å². The normalized spacial score (nSPS) is 18.0. The lowest BCUT2D eigenvalue weighted by atomic mass is 10.0. The van der Waals surface area contributed by atoms with Gasteiger partial charge in [0.1, 0.15) is 11.9 Å². The van der Waals surface area contributed by atoms with E-state index < -0.39 is 17.9 Å². The third-order valence-corrected chi connectivity index (χ3v) is 3.82. The molecule has 1 aliphatic rings. The van der Waals surface area contributed by atoms with Crippen molar-refractivity contribution in [2.75, 3.05) is 6.54 Å². The average Bonchev–Trinajstić information content (AvgIpc) is 3.04. The molecule has 1 N–H and O–H groups in total. The van der Waals surface area contributed by atoms with Gasteiger partial charge in [-0.2, -0.15) is 9.90 Å². The summed E-state index contributed by atoms with van der Waals surface area (Å²) in [6.07, 6.45) is 3.27. The van der Waals surface area contributed by atoms with Crippen molar-refractivity contribution in [2.24, 2.45) is 0 Å². The molecule has 2 aromatic rings. The predicted octanol–water partition coefficient (Wildman–Crippen LogP) is 1.49. The van der Waals surface area contributed by atoms with Gasteiger partial charge < -0.3 is 10.0 Å². The molecule has 120 valence electrons. The van der Waals surface area contributed by atoms with E-state index in [4.69, 9.17) is 0 Å². The van der Waals surface area contributed by atoms with Crippen LogP contribution in [0.15, 0.2) is 30.5 Å². The number of likely N-dealkylation sites (tertiary alicyclic amines) is 1. The second-order valence-corrected chi connectivity index (χ2v) is 5.34. The van der Waals surface area contributed by atoms with Crippen LogP contribution >= 0.6 is 0 Å². The van der Waals surface area contributed by atoms with Crippen molar-refractivity contribution in [3.63, 3.8) is 0 Å². The van der Waals surface area contributed by atoms with E-state index in [0.29, 0.717) is 18.7 Å². The summed E-state index contributed by atoms with van der Waals surface area (Å²) in [4.78, 5) is 26.3. The van der Waals surface area contributed by atoms with E-state index >= 15 is 0 Å². The molecule has 1 aromatic carbocycles. The first-order valence-electron chi connectivity index (χ1n) is 7.28. The van der Waals surface area contributed by atoms with Crippen molar-refractivity contribution >= 4 is 11.9 Å². The Hall–Kier alpha value is -2.77. The van der Waals surface area contributed by atoms with Gasteiger partial charge in [0, 0.05) is 6.54 Å². The molecule has 0 saturated carbocycles. The molecule has 2 heterocycles. The van der Waals surface area contributed by atoms with Gasteiger partial charge in [0.2, 0.25) is 0 Å². The Morgan fingerprint density at radius 2 is 1.96 bits per heavy atom. The molecule has 0 aliphatic carbocycles. The average molecular weight is 318 g/mol. The maximum Gasteiger partial charge on any atom is 0.326 e. The monoisotopic (exact) mass is 318 g/mol. The van der Waals surface area contributed by atoms with Crippen LogP contribution in [-0.4, -0.2) is 49.5 Å². The minimum Gasteiger partial charge on any atom is -0.480 e. The molecule has 3 rings (SSSR count). The summed E-state index contributed by atoms with van der Waals surface area (Å²) in [7, 11) is 0. The van der Waals surface area contributed by atoms with Crippen molar-refractivity contribution in [2.45, 2.75) is 25.3 Å². The van der Waals surface area contributed by atoms with E-state index in [-0.39, 0.29) is 11.5 Å². The zero-order valence-corrected chi connectivity index (χ0v) is 12.2. The van der Waals surface area contributed by atoms with Gasteiger partial charge in [-0.15, -0.1) is 5.10 Å². The van der Waals surface area contributed by atoms with Crippen LogP contribution in [0.1, 0.15) is 29.8 Å². The highest BCUT2D eigenvalue weighted by Crippen LogP contribution is 2.19. The van der Waals surface area contributed by atoms with E-state index in [1.807, 2.05) is 0 Å². The number of carbonyl (C=O) groups excluding carboxylic acids is 1. The summed E-state index contributed by atoms with van der Waals surface area (Å²) < 4.78 is 12.9. The van der Waals surface area contributed by atoms with Crippen molar-refractivity contribution in [1.82, 2.24) is 19.9 Å². The van der Waals surface area contributed by atoms with Gasteiger partial charge in [-0.05, 0) is 43.5 Å². The fourth-order valence-corrected chi connectivity index (χ4v) is 2.64. The SMILES string of the molecule is O=C(O)C1CCCCN1C(=O)c1cnn(-c2ccc(F)cc2)n1. The van der Waals surface area contributed by atoms with Crippen molar-refractivity contribution < 1.29 is 19.1 Å². The predicted molar refractivity (Wildman–Crippen MR) is 77.6 cm³/mol. The number of carboxylic acid groups (broad SMARTS) is 1. The number of rotatable bonds is 3. The van der Waals surface area contributed by atoms with Crippen molar-refractivity contribution in [3.8, 4) is 5.69 Å². The molecule has 1 atom stereocenters. The molecule has 1 fully saturated rings. The summed E-state index contributed by atoms with van der Waals surface area (Å²) in [5.41, 5.74) is 0.585. The fourth-order valence-electron chi connectivity index (χ4n) is 2.64. The zero-order valence-electron chi connectivity index (χ0n) is 12.2. The summed E-state index contributed by atoms with van der Waals surface area (Å²) in [6, 6.07) is 4.69. The van der Waals surface area contributed by atoms with Crippen LogP contribution in [0.2, 0.25) is 0 Å². The fraction of sp³-hybridized carbons (Fsp3) is 0.333. The van der Waals surface area contributed by atoms with Crippen LogP contribution in [-0.2, 0) is 4.79 Å². The maximum atomic E-state index is 12.9. The Labute approximate surface area is 131 Å². The van der Waals surface area contributed by atoms with Crippen LogP contribution in [0, 0.1) is 5.82 Å². The minimum atomic E-state index is -1.01. The molecular formula is C15H15FN4O3. The lowest BCUT2D eigenvalue weighted by Crippen LogP contribution is -2.48. The Morgan fingerprint density at radius 3 is 2.65 bits per heavy atom. The van der Waals surface area contributed by atoms with Gasteiger partial charge in [0.05, 0.1) is 11.9 Å². The number of piperidine rings is 1. The van der Waals surface area contributed by atoms with Gasteiger partial charge in [0.15, 0.2) is 5.69 Å². The number of benzene rings is 1. The highest BCUT2D eigenvalue weighted by atomic mass is 19.1. The third-order valence-electron chi connectivity index (χ3n) is 3.82. The zero-order chi connectivity index (χ0) is 16.4. The van der Waals surface area contributed by atoms with E-state index in [9.17, 15) is 19.1 Å². The first-order valence-corrected chi connectivity index (χ1v) is 7.28. The van der Waals surface area contributed by atoms with E-state index in [2.05, 4.69) is 10.2 Å². The van der Waals surface area contributed by atoms with E-state index in [1.165, 1.54) is 40.2 Å². The molecule has 1 unspecified atom stereocenters. The molecule has 23 heavy (non-hydrogen) atoms. The summed E-state index contributed by atoms with van der Waals surface area (Å²) in [6.45, 7) is 0.388. The molecule has 1 aliphatic heterocycles. The van der Waals surface area contributed by atoms with Gasteiger partial charge in [0.25, 0.3) is 5.91 Å². The van der Waals surface area contributed by atoms with Gasteiger partial charge >= 0.3 is 5.97 Å². The standard InChI is InChI=1S/C15H15FN4O3/c16-10-4-6-11(7-5-10)20-17-9-12(18-20)14(21)19-8-2-1-3-13(19)15(22)23/h4-7,9,13H,1-3,8H2,(H,22,23). The summed E-state index contributed by atoms with van der Waals surface area (Å²) in [5.74, 6) is -1.84. The topological polar surface area (TPSA) is 88.3 Å². The third kappa shape index (κ3) is 3.05. The number of carbonyl (C=O) groups is 2. The van der Waals surface area contributed by atoms with E-state index in [0.717, 1.165) is 12.8 Å². The molecule has 1 amide bonds. The Balaban J connectivity index is 1.83. The second kappa shape index (κ2) is 6.15. The lowest BCUT2D eigenvalue weighted by molar-refractivity contribution is -0.143. The van der Waals surface area contributed by atoms with Crippen molar-refractivity contribution in [3.05, 3.63) is 42.0 Å². The number of hydrogen-bond donors (Lipinski definition) is 1. The molecule has 0 radical (unpaired) electrons. The summed E-state index contributed by atoms with van der Waals surface area (Å²) in [5, 5.41) is 17.3. The highest BCUT2D eigenvalue weighted by Gasteiger charge is 2.33. The van der Waals surface area contributed by atoms with Crippen LogP contribution in [0.25, 0.3) is 5.69 Å². The molecular weight excluding hydrogens is 303 g/mol. The van der Waals surface area contributed by atoms with Crippen molar-refractivity contribution in [1.29, 1.82) is 0 Å². The smallest absolute Gasteiger partial charge is 0.326 e. The van der Waals surface area contributed by atoms with Gasteiger partial charge in [-0.25, -0.2) is 9.18 Å². The van der Waals surface area contributed by atoms with Gasteiger partial charge in [-0.1, -0.05) is 0 Å². The van der Waals surface area contributed by atoms with Crippen LogP contribution in [0.3, 0.4) is 0 Å². The number of aromatic nitrogens is 3. The molecule has 8 heteroatoms. The number of aliphatic carboxylic acids is 1. The highest BCUT2D eigenvalue weighted by molar-refractivity contribution is 5.94. The number of halogens is 1. The lowest BCUT2D eigenvalue weighted by Gasteiger charge is -2.32. The molecule has 7 nitrogen and oxygen atoms in total. The summed E-state index contributed by atoms with van der Waals surface area (Å²) >= 11 is 0. The first-order chi connectivity index (χ1) is 11.1. The first kappa shape index (κ1) is 15.1. The van der Waals surface area contributed by atoms with Crippen LogP contribution < -0.4 is 0 Å². The van der Waals surface area contributed by atoms with Crippen LogP contribution in [0.4, 0.5) is 4.39 Å².